The van der Waals surface area contributed by atoms with Gasteiger partial charge in [0.15, 0.2) is 0 Å². The summed E-state index contributed by atoms with van der Waals surface area (Å²) in [6.07, 6.45) is -0.464. The number of amides is 2. The van der Waals surface area contributed by atoms with Crippen LogP contribution in [0.3, 0.4) is 0 Å². The van der Waals surface area contributed by atoms with Crippen molar-refractivity contribution in [3.8, 4) is 0 Å². The van der Waals surface area contributed by atoms with Crippen LogP contribution in [-0.4, -0.2) is 49.7 Å². The number of benzene rings is 1. The minimum Gasteiger partial charge on any atom is -0.447 e. The van der Waals surface area contributed by atoms with E-state index in [1.165, 1.54) is 4.90 Å². The molecule has 1 saturated heterocycles. The molecule has 2 amide bonds. The van der Waals surface area contributed by atoms with Crippen LogP contribution < -0.4 is 10.2 Å². The Morgan fingerprint density at radius 3 is 2.59 bits per heavy atom. The summed E-state index contributed by atoms with van der Waals surface area (Å²) in [5.74, 6) is -0.230. The quantitative estimate of drug-likeness (QED) is 0.906. The molecule has 22 heavy (non-hydrogen) atoms. The molecule has 0 aliphatic carbocycles. The first-order chi connectivity index (χ1) is 10.5. The van der Waals surface area contributed by atoms with E-state index in [0.29, 0.717) is 0 Å². The number of hydrogen-bond acceptors (Lipinski definition) is 4. The average Bonchev–Trinajstić information content (AvgIpc) is 2.83. The Labute approximate surface area is 131 Å². The summed E-state index contributed by atoms with van der Waals surface area (Å²) < 4.78 is 4.87. The van der Waals surface area contributed by atoms with Gasteiger partial charge in [-0.25, -0.2) is 4.79 Å². The van der Waals surface area contributed by atoms with Crippen molar-refractivity contribution in [2.45, 2.75) is 26.8 Å². The maximum absolute atomic E-state index is 12.3. The Hall–Kier alpha value is -2.24. The molecule has 6 nitrogen and oxygen atoms in total. The molecule has 1 aromatic rings. The van der Waals surface area contributed by atoms with E-state index < -0.39 is 12.1 Å². The van der Waals surface area contributed by atoms with Gasteiger partial charge in [-0.05, 0) is 44.5 Å². The SMILES string of the molecule is CCN(CC)c1ccc(NC(=O)C2COC(=O)N2C)c(C)c1. The summed E-state index contributed by atoms with van der Waals surface area (Å²) in [5.41, 5.74) is 2.89. The average molecular weight is 305 g/mol. The lowest BCUT2D eigenvalue weighted by Crippen LogP contribution is -2.40. The minimum absolute atomic E-state index is 0.0950. The molecule has 1 aliphatic heterocycles. The van der Waals surface area contributed by atoms with Crippen molar-refractivity contribution in [2.75, 3.05) is 37.0 Å². The van der Waals surface area contributed by atoms with Gasteiger partial charge in [-0.1, -0.05) is 0 Å². The first-order valence-corrected chi connectivity index (χ1v) is 7.54. The van der Waals surface area contributed by atoms with Crippen LogP contribution in [0.5, 0.6) is 0 Å². The predicted molar refractivity (Wildman–Crippen MR) is 86.3 cm³/mol. The second-order valence-electron chi connectivity index (χ2n) is 5.36. The third-order valence-electron chi connectivity index (χ3n) is 4.02. The standard InChI is InChI=1S/C16H23N3O3/c1-5-19(6-2)12-7-8-13(11(3)9-12)17-15(20)14-10-22-16(21)18(14)4/h7-9,14H,5-6,10H2,1-4H3,(H,17,20). The van der Waals surface area contributed by atoms with E-state index in [-0.39, 0.29) is 12.5 Å². The molecule has 1 heterocycles. The number of nitrogens with zero attached hydrogens (tertiary/aromatic N) is 2. The Bertz CT molecular complexity index is 570. The highest BCUT2D eigenvalue weighted by atomic mass is 16.6. The second-order valence-corrected chi connectivity index (χ2v) is 5.36. The lowest BCUT2D eigenvalue weighted by Gasteiger charge is -2.22. The summed E-state index contributed by atoms with van der Waals surface area (Å²) in [5, 5.41) is 2.87. The minimum atomic E-state index is -0.575. The van der Waals surface area contributed by atoms with E-state index >= 15 is 0 Å². The topological polar surface area (TPSA) is 61.9 Å². The van der Waals surface area contributed by atoms with Crippen LogP contribution in [0.25, 0.3) is 0 Å². The van der Waals surface area contributed by atoms with Gasteiger partial charge in [-0.15, -0.1) is 0 Å². The van der Waals surface area contributed by atoms with Gasteiger partial charge in [-0.2, -0.15) is 0 Å². The third kappa shape index (κ3) is 3.16. The lowest BCUT2D eigenvalue weighted by molar-refractivity contribution is -0.119. The van der Waals surface area contributed by atoms with Crippen molar-refractivity contribution in [3.63, 3.8) is 0 Å². The molecule has 0 radical (unpaired) electrons. The maximum atomic E-state index is 12.3. The molecule has 0 spiro atoms. The highest BCUT2D eigenvalue weighted by Gasteiger charge is 2.35. The van der Waals surface area contributed by atoms with Crippen molar-refractivity contribution in [1.29, 1.82) is 0 Å². The van der Waals surface area contributed by atoms with Gasteiger partial charge in [0.25, 0.3) is 5.91 Å². The summed E-state index contributed by atoms with van der Waals surface area (Å²) in [4.78, 5) is 27.1. The molecule has 1 fully saturated rings. The Kier molecular flexibility index (Phi) is 4.90. The molecule has 0 bridgehead atoms. The number of aryl methyl sites for hydroxylation is 1. The number of likely N-dealkylation sites (N-methyl/N-ethyl adjacent to an activating group) is 1. The molecular formula is C16H23N3O3. The summed E-state index contributed by atoms with van der Waals surface area (Å²) in [6.45, 7) is 8.16. The number of carbonyl (C=O) groups is 2. The van der Waals surface area contributed by atoms with Gasteiger partial charge >= 0.3 is 6.09 Å². The van der Waals surface area contributed by atoms with E-state index in [9.17, 15) is 9.59 Å². The smallest absolute Gasteiger partial charge is 0.410 e. The Balaban J connectivity index is 2.10. The van der Waals surface area contributed by atoms with Gasteiger partial charge in [-0.3, -0.25) is 9.69 Å². The molecule has 1 aliphatic rings. The van der Waals surface area contributed by atoms with Crippen LogP contribution in [0.1, 0.15) is 19.4 Å². The fourth-order valence-corrected chi connectivity index (χ4v) is 2.53. The molecule has 1 N–H and O–H groups in total. The lowest BCUT2D eigenvalue weighted by atomic mass is 10.1. The van der Waals surface area contributed by atoms with Gasteiger partial charge in [0.1, 0.15) is 12.6 Å². The van der Waals surface area contributed by atoms with Crippen LogP contribution in [0, 0.1) is 6.92 Å². The van der Waals surface area contributed by atoms with Crippen molar-refractivity contribution in [3.05, 3.63) is 23.8 Å². The van der Waals surface area contributed by atoms with Gasteiger partial charge in [0.05, 0.1) is 0 Å². The van der Waals surface area contributed by atoms with Crippen molar-refractivity contribution >= 4 is 23.4 Å². The second kappa shape index (κ2) is 6.68. The van der Waals surface area contributed by atoms with Crippen LogP contribution in [0.15, 0.2) is 18.2 Å². The molecule has 1 aromatic carbocycles. The van der Waals surface area contributed by atoms with Gasteiger partial charge in [0, 0.05) is 31.5 Å². The summed E-state index contributed by atoms with van der Waals surface area (Å²) >= 11 is 0. The Morgan fingerprint density at radius 1 is 1.41 bits per heavy atom. The Morgan fingerprint density at radius 2 is 2.09 bits per heavy atom. The van der Waals surface area contributed by atoms with E-state index in [1.54, 1.807) is 7.05 Å². The first kappa shape index (κ1) is 16.1. The van der Waals surface area contributed by atoms with Gasteiger partial charge < -0.3 is 15.0 Å². The molecule has 1 atom stereocenters. The van der Waals surface area contributed by atoms with E-state index in [2.05, 4.69) is 30.1 Å². The zero-order chi connectivity index (χ0) is 16.3. The van der Waals surface area contributed by atoms with Crippen molar-refractivity contribution in [1.82, 2.24) is 4.90 Å². The highest BCUT2D eigenvalue weighted by molar-refractivity contribution is 5.98. The number of nitrogens with one attached hydrogen (secondary N) is 1. The number of anilines is 2. The van der Waals surface area contributed by atoms with Crippen LogP contribution in [0.4, 0.5) is 16.2 Å². The molecule has 6 heteroatoms. The molecule has 2 rings (SSSR count). The zero-order valence-corrected chi connectivity index (χ0v) is 13.5. The molecular weight excluding hydrogens is 282 g/mol. The summed E-state index contributed by atoms with van der Waals surface area (Å²) in [6, 6.07) is 5.38. The third-order valence-corrected chi connectivity index (χ3v) is 4.02. The van der Waals surface area contributed by atoms with Crippen LogP contribution >= 0.6 is 0 Å². The number of rotatable bonds is 5. The number of carbonyl (C=O) groups excluding carboxylic acids is 2. The molecule has 0 saturated carbocycles. The molecule has 120 valence electrons. The van der Waals surface area contributed by atoms with Crippen LogP contribution in [-0.2, 0) is 9.53 Å². The van der Waals surface area contributed by atoms with Crippen molar-refractivity contribution in [2.24, 2.45) is 0 Å². The van der Waals surface area contributed by atoms with Crippen LogP contribution in [0.2, 0.25) is 0 Å². The predicted octanol–water partition coefficient (Wildman–Crippen LogP) is 2.23. The fourth-order valence-electron chi connectivity index (χ4n) is 2.53. The number of hydrogen-bond donors (Lipinski definition) is 1. The summed E-state index contributed by atoms with van der Waals surface area (Å²) in [7, 11) is 1.57. The molecule has 0 aromatic heterocycles. The van der Waals surface area contributed by atoms with E-state index in [0.717, 1.165) is 30.0 Å². The van der Waals surface area contributed by atoms with E-state index in [1.807, 2.05) is 19.1 Å². The monoisotopic (exact) mass is 305 g/mol. The van der Waals surface area contributed by atoms with E-state index in [4.69, 9.17) is 4.74 Å². The zero-order valence-electron chi connectivity index (χ0n) is 13.5. The first-order valence-electron chi connectivity index (χ1n) is 7.54. The molecule has 1 unspecified atom stereocenters. The number of cyclic esters (lactones) is 1. The largest absolute Gasteiger partial charge is 0.447 e. The highest BCUT2D eigenvalue weighted by Crippen LogP contribution is 2.23. The fraction of sp³-hybridized carbons (Fsp3) is 0.500. The number of ether oxygens (including phenoxy) is 1. The van der Waals surface area contributed by atoms with Gasteiger partial charge in [0.2, 0.25) is 0 Å². The normalized spacial score (nSPS) is 17.4. The maximum Gasteiger partial charge on any atom is 0.410 e. The van der Waals surface area contributed by atoms with Crippen molar-refractivity contribution < 1.29 is 14.3 Å².